The van der Waals surface area contributed by atoms with Crippen LogP contribution < -0.4 is 4.74 Å². The van der Waals surface area contributed by atoms with Crippen molar-refractivity contribution in [3.63, 3.8) is 0 Å². The highest BCUT2D eigenvalue weighted by Gasteiger charge is 2.43. The molecule has 0 aromatic heterocycles. The summed E-state index contributed by atoms with van der Waals surface area (Å²) in [5.74, 6) is 2.67. The Labute approximate surface area is 236 Å². The number of fused-ring (bicyclic) bond motifs is 1. The smallest absolute Gasteiger partial charge is 0.170 e. The Hall–Kier alpha value is -1.99. The van der Waals surface area contributed by atoms with E-state index in [1.54, 1.807) is 12.1 Å². The molecule has 1 spiro atoms. The molecule has 1 heterocycles. The topological polar surface area (TPSA) is 80.7 Å². The van der Waals surface area contributed by atoms with Crippen molar-refractivity contribution in [1.82, 2.24) is 0 Å². The van der Waals surface area contributed by atoms with Crippen LogP contribution in [0.5, 0.6) is 11.5 Å². The van der Waals surface area contributed by atoms with E-state index in [0.717, 1.165) is 52.4 Å². The molecule has 1 aliphatic heterocycles. The van der Waals surface area contributed by atoms with E-state index in [9.17, 15) is 14.4 Å². The number of carbonyl (C=O) groups excluding carboxylic acids is 3. The second-order valence-corrected chi connectivity index (χ2v) is 12.5. The molecule has 0 amide bonds. The summed E-state index contributed by atoms with van der Waals surface area (Å²) >= 11 is 6.61. The van der Waals surface area contributed by atoms with E-state index in [0.29, 0.717) is 29.6 Å². The highest BCUT2D eigenvalue weighted by atomic mass is 79.9. The minimum absolute atomic E-state index is 0.0284. The number of phenols is 1. The van der Waals surface area contributed by atoms with Crippen LogP contribution in [0.3, 0.4) is 0 Å². The molecule has 2 aliphatic carbocycles. The van der Waals surface area contributed by atoms with E-state index < -0.39 is 0 Å². The van der Waals surface area contributed by atoms with Gasteiger partial charge in [-0.1, -0.05) is 52.1 Å². The quantitative estimate of drug-likeness (QED) is 0.318. The second-order valence-electron chi connectivity index (χ2n) is 10.7. The van der Waals surface area contributed by atoms with Crippen molar-refractivity contribution in [2.24, 2.45) is 11.8 Å². The Morgan fingerprint density at radius 1 is 1.00 bits per heavy atom. The van der Waals surface area contributed by atoms with E-state index >= 15 is 0 Å². The Bertz CT molecular complexity index is 1140. The van der Waals surface area contributed by atoms with Crippen molar-refractivity contribution in [1.29, 1.82) is 0 Å². The Balaban J connectivity index is 0.000000171. The molecule has 37 heavy (non-hydrogen) atoms. The normalized spacial score (nSPS) is 24.6. The molecular weight excluding hydrogens is 600 g/mol. The number of hydrogen-bond donors (Lipinski definition) is 1. The van der Waals surface area contributed by atoms with Crippen LogP contribution in [0.15, 0.2) is 45.3 Å². The van der Waals surface area contributed by atoms with Gasteiger partial charge in [-0.2, -0.15) is 0 Å². The number of ether oxygens (including phenoxy) is 1. The van der Waals surface area contributed by atoms with Gasteiger partial charge in [0.05, 0.1) is 17.5 Å². The van der Waals surface area contributed by atoms with Crippen LogP contribution in [-0.2, 0) is 4.79 Å². The average Bonchev–Trinajstić information content (AvgIpc) is 2.82. The third kappa shape index (κ3) is 8.51. The van der Waals surface area contributed by atoms with Crippen LogP contribution in [0.2, 0.25) is 0 Å². The average molecular weight is 636 g/mol. The number of Topliss-reactive ketones (excluding diaryl/α,β-unsaturated/α-hetero) is 3. The Morgan fingerprint density at radius 3 is 2.27 bits per heavy atom. The summed E-state index contributed by atoms with van der Waals surface area (Å²) in [6.07, 6.45) is 9.04. The fourth-order valence-electron chi connectivity index (χ4n) is 5.36. The summed E-state index contributed by atoms with van der Waals surface area (Å²) in [5, 5.41) is 9.16. The largest absolute Gasteiger partial charge is 0.507 e. The van der Waals surface area contributed by atoms with Crippen LogP contribution in [0, 0.1) is 11.8 Å². The van der Waals surface area contributed by atoms with Crippen molar-refractivity contribution < 1.29 is 24.2 Å². The lowest BCUT2D eigenvalue weighted by Gasteiger charge is -2.42. The molecule has 2 saturated carbocycles. The van der Waals surface area contributed by atoms with Crippen LogP contribution in [0.4, 0.5) is 0 Å². The fraction of sp³-hybridized carbons (Fsp3) is 0.500. The van der Waals surface area contributed by atoms with Crippen LogP contribution in [0.1, 0.15) is 99.3 Å². The molecule has 5 nitrogen and oxygen atoms in total. The van der Waals surface area contributed by atoms with Gasteiger partial charge in [-0.3, -0.25) is 14.4 Å². The molecule has 2 fully saturated rings. The lowest BCUT2D eigenvalue weighted by molar-refractivity contribution is -0.121. The first-order valence-electron chi connectivity index (χ1n) is 13.0. The first kappa shape index (κ1) is 29.6. The summed E-state index contributed by atoms with van der Waals surface area (Å²) in [5.41, 5.74) is 0.850. The van der Waals surface area contributed by atoms with Gasteiger partial charge >= 0.3 is 0 Å². The van der Waals surface area contributed by atoms with Crippen molar-refractivity contribution in [2.75, 3.05) is 0 Å². The zero-order valence-corrected chi connectivity index (χ0v) is 25.0. The molecule has 5 rings (SSSR count). The maximum Gasteiger partial charge on any atom is 0.170 e. The third-order valence-corrected chi connectivity index (χ3v) is 8.15. The number of phenolic OH excluding ortho intramolecular Hbond substituents is 1. The Morgan fingerprint density at radius 2 is 1.68 bits per heavy atom. The summed E-state index contributed by atoms with van der Waals surface area (Å²) in [6, 6.07) is 10.5. The van der Waals surface area contributed by atoms with E-state index in [1.807, 2.05) is 18.2 Å². The molecule has 2 aromatic carbocycles. The van der Waals surface area contributed by atoms with E-state index in [4.69, 9.17) is 9.84 Å². The Kier molecular flexibility index (Phi) is 10.5. The minimum Gasteiger partial charge on any atom is -0.507 e. The molecule has 3 atom stereocenters. The van der Waals surface area contributed by atoms with Gasteiger partial charge in [-0.05, 0) is 87.3 Å². The number of hydrogen-bond acceptors (Lipinski definition) is 5. The van der Waals surface area contributed by atoms with Crippen molar-refractivity contribution in [3.05, 3.63) is 56.5 Å². The number of halogens is 2. The van der Waals surface area contributed by atoms with Crippen molar-refractivity contribution >= 4 is 49.2 Å². The molecule has 0 bridgehead atoms. The minimum atomic E-state index is -0.227. The molecule has 0 saturated heterocycles. The highest BCUT2D eigenvalue weighted by molar-refractivity contribution is 9.10. The lowest BCUT2D eigenvalue weighted by atomic mass is 9.74. The summed E-state index contributed by atoms with van der Waals surface area (Å²) in [6.45, 7) is 5.82. The number of carbonyl (C=O) groups is 3. The van der Waals surface area contributed by atoms with Gasteiger partial charge in [0.15, 0.2) is 11.6 Å². The summed E-state index contributed by atoms with van der Waals surface area (Å²) in [4.78, 5) is 33.8. The number of aromatic hydroxyl groups is 1. The predicted molar refractivity (Wildman–Crippen MR) is 153 cm³/mol. The first-order valence-corrected chi connectivity index (χ1v) is 14.6. The van der Waals surface area contributed by atoms with E-state index in [-0.39, 0.29) is 22.9 Å². The van der Waals surface area contributed by atoms with Crippen LogP contribution in [-0.4, -0.2) is 28.1 Å². The van der Waals surface area contributed by atoms with E-state index in [2.05, 4.69) is 45.7 Å². The van der Waals surface area contributed by atoms with Crippen molar-refractivity contribution in [2.45, 2.75) is 84.2 Å². The lowest BCUT2D eigenvalue weighted by Crippen LogP contribution is -2.45. The van der Waals surface area contributed by atoms with Gasteiger partial charge in [0.25, 0.3) is 0 Å². The molecular formula is C30H36Br2O5. The zero-order valence-electron chi connectivity index (χ0n) is 21.8. The standard InChI is InChI=1S/C15H17BrO2.C8H7BrO2.C7H12O/c1-10-3-2-6-15(8-10)9-13(17)12-7-11(16)4-5-14(12)18-15;1-5(10)7-4-6(9)2-3-8(7)11;1-6-3-2-4-7(8)5-6/h4-5,7,10H,2-3,6,8-9H2,1H3;2-4,11H,1H3;6H,2-5H2,1H3. The number of benzene rings is 2. The second kappa shape index (κ2) is 13.2. The van der Waals surface area contributed by atoms with Crippen LogP contribution >= 0.6 is 31.9 Å². The van der Waals surface area contributed by atoms with Gasteiger partial charge in [0.1, 0.15) is 22.9 Å². The molecule has 2 aromatic rings. The van der Waals surface area contributed by atoms with Gasteiger partial charge in [0, 0.05) is 21.8 Å². The summed E-state index contributed by atoms with van der Waals surface area (Å²) in [7, 11) is 0. The predicted octanol–water partition coefficient (Wildman–Crippen LogP) is 8.49. The van der Waals surface area contributed by atoms with Gasteiger partial charge in [-0.25, -0.2) is 0 Å². The van der Waals surface area contributed by atoms with Gasteiger partial charge in [-0.15, -0.1) is 0 Å². The molecule has 1 N–H and O–H groups in total. The van der Waals surface area contributed by atoms with Crippen LogP contribution in [0.25, 0.3) is 0 Å². The third-order valence-electron chi connectivity index (χ3n) is 7.17. The molecule has 0 radical (unpaired) electrons. The summed E-state index contributed by atoms with van der Waals surface area (Å²) < 4.78 is 7.94. The fourth-order valence-corrected chi connectivity index (χ4v) is 6.08. The highest BCUT2D eigenvalue weighted by Crippen LogP contribution is 2.44. The maximum absolute atomic E-state index is 12.3. The zero-order chi connectivity index (χ0) is 27.2. The first-order chi connectivity index (χ1) is 17.5. The van der Waals surface area contributed by atoms with Crippen molar-refractivity contribution in [3.8, 4) is 11.5 Å². The number of rotatable bonds is 1. The molecule has 200 valence electrons. The number of ketones is 3. The molecule has 7 heteroatoms. The monoisotopic (exact) mass is 634 g/mol. The van der Waals surface area contributed by atoms with Gasteiger partial charge in [0.2, 0.25) is 0 Å². The molecule has 3 aliphatic rings. The maximum atomic E-state index is 12.3. The SMILES string of the molecule is CC(=O)c1cc(Br)ccc1O.CC1CCCC(=O)C1.CC1CCCC2(CC(=O)c3cc(Br)ccc3O2)C1. The van der Waals surface area contributed by atoms with Gasteiger partial charge < -0.3 is 9.84 Å². The van der Waals surface area contributed by atoms with E-state index in [1.165, 1.54) is 32.3 Å². The molecule has 3 unspecified atom stereocenters.